The molecular weight excluding hydrogens is 423 g/mol. The van der Waals surface area contributed by atoms with Crippen LogP contribution in [-0.2, 0) is 6.18 Å². The number of carbonyl (C=O) groups is 1. The first-order valence-corrected chi connectivity index (χ1v) is 10.3. The number of halogens is 3. The van der Waals surface area contributed by atoms with Crippen LogP contribution in [0.25, 0.3) is 0 Å². The van der Waals surface area contributed by atoms with Gasteiger partial charge in [0.1, 0.15) is 5.82 Å². The van der Waals surface area contributed by atoms with Crippen LogP contribution in [0.1, 0.15) is 18.4 Å². The first kappa shape index (κ1) is 20.4. The molecule has 2 aliphatic heterocycles. The predicted octanol–water partition coefficient (Wildman–Crippen LogP) is 3.22. The van der Waals surface area contributed by atoms with Gasteiger partial charge in [0.2, 0.25) is 5.95 Å². The molecule has 1 aromatic carbocycles. The molecule has 2 amide bonds. The van der Waals surface area contributed by atoms with Crippen LogP contribution in [-0.4, -0.2) is 53.2 Å². The zero-order chi connectivity index (χ0) is 22.5. The van der Waals surface area contributed by atoms with Crippen molar-refractivity contribution in [3.8, 4) is 0 Å². The van der Waals surface area contributed by atoms with Gasteiger partial charge >= 0.3 is 12.2 Å². The lowest BCUT2D eigenvalue weighted by Gasteiger charge is -2.20. The van der Waals surface area contributed by atoms with E-state index >= 15 is 0 Å². The van der Waals surface area contributed by atoms with Crippen molar-refractivity contribution in [1.82, 2.24) is 20.2 Å². The number of carbonyl (C=O) groups excluding carboxylic acids is 1. The smallest absolute Gasteiger partial charge is 0.368 e. The van der Waals surface area contributed by atoms with E-state index in [0.717, 1.165) is 30.7 Å². The van der Waals surface area contributed by atoms with E-state index in [-0.39, 0.29) is 6.03 Å². The van der Waals surface area contributed by atoms with Crippen molar-refractivity contribution in [2.24, 2.45) is 0 Å². The van der Waals surface area contributed by atoms with Gasteiger partial charge in [-0.1, -0.05) is 6.07 Å². The zero-order valence-corrected chi connectivity index (χ0v) is 17.4. The molecule has 2 N–H and O–H groups in total. The topological polar surface area (TPSA) is 76.6 Å². The minimum absolute atomic E-state index is 0.104. The van der Waals surface area contributed by atoms with Crippen molar-refractivity contribution in [1.29, 1.82) is 0 Å². The molecule has 1 saturated carbocycles. The molecule has 11 heteroatoms. The molecule has 2 aromatic rings. The van der Waals surface area contributed by atoms with E-state index in [1.807, 2.05) is 6.20 Å². The Kier molecular flexibility index (Phi) is 4.64. The summed E-state index contributed by atoms with van der Waals surface area (Å²) in [5.41, 5.74) is 0.262. The minimum atomic E-state index is -4.39. The molecule has 168 valence electrons. The van der Waals surface area contributed by atoms with Gasteiger partial charge in [0.15, 0.2) is 0 Å². The number of urea groups is 1. The molecule has 0 atom stereocenters. The maximum atomic E-state index is 13.1. The predicted molar refractivity (Wildman–Crippen MR) is 113 cm³/mol. The van der Waals surface area contributed by atoms with Crippen LogP contribution >= 0.6 is 0 Å². The number of nitrogens with zero attached hydrogens (tertiary/aromatic N) is 5. The van der Waals surface area contributed by atoms with Crippen molar-refractivity contribution in [3.63, 3.8) is 0 Å². The Labute approximate surface area is 182 Å². The summed E-state index contributed by atoms with van der Waals surface area (Å²) >= 11 is 0. The fourth-order valence-electron chi connectivity index (χ4n) is 3.96. The van der Waals surface area contributed by atoms with Gasteiger partial charge in [-0.05, 0) is 37.1 Å². The molecule has 1 saturated heterocycles. The monoisotopic (exact) mass is 445 g/mol. The van der Waals surface area contributed by atoms with Gasteiger partial charge in [0.05, 0.1) is 23.5 Å². The summed E-state index contributed by atoms with van der Waals surface area (Å²) in [6, 6.07) is 6.86. The molecule has 1 aliphatic carbocycles. The molecule has 32 heavy (non-hydrogen) atoms. The van der Waals surface area contributed by atoms with Crippen molar-refractivity contribution in [2.45, 2.75) is 24.6 Å². The number of benzene rings is 1. The van der Waals surface area contributed by atoms with E-state index in [1.165, 1.54) is 6.07 Å². The summed E-state index contributed by atoms with van der Waals surface area (Å²) in [6.07, 6.45) is 0.724. The summed E-state index contributed by atoms with van der Waals surface area (Å²) < 4.78 is 39.2. The van der Waals surface area contributed by atoms with E-state index in [9.17, 15) is 18.0 Å². The van der Waals surface area contributed by atoms with Gasteiger partial charge in [-0.15, -0.1) is 0 Å². The van der Waals surface area contributed by atoms with Crippen LogP contribution in [0.3, 0.4) is 0 Å². The number of alkyl halides is 3. The standard InChI is InChI=1S/C21H22F3N7O/c1-29-9-10-31(19(29)32)17-5-8-25-18(27-17)28-20(6-7-20)16-12-30(13-26-16)15-4-2-3-14(11-15)21(22,23)24/h2-5,8,11-12,26H,6-7,9-10,13H2,1H3,(H,25,27,28). The van der Waals surface area contributed by atoms with E-state index in [2.05, 4.69) is 20.6 Å². The molecule has 1 aromatic heterocycles. The van der Waals surface area contributed by atoms with Crippen LogP contribution in [0, 0.1) is 0 Å². The van der Waals surface area contributed by atoms with Crippen LogP contribution in [0.2, 0.25) is 0 Å². The van der Waals surface area contributed by atoms with Crippen molar-refractivity contribution >= 4 is 23.5 Å². The van der Waals surface area contributed by atoms with Gasteiger partial charge in [-0.2, -0.15) is 18.2 Å². The molecule has 0 spiro atoms. The Morgan fingerprint density at radius 3 is 2.69 bits per heavy atom. The average molecular weight is 445 g/mol. The average Bonchev–Trinajstić information content (AvgIpc) is 3.22. The molecule has 3 aliphatic rings. The number of likely N-dealkylation sites (N-methyl/N-ethyl adjacent to an activating group) is 1. The third kappa shape index (κ3) is 3.67. The molecule has 0 bridgehead atoms. The number of hydrogen-bond acceptors (Lipinski definition) is 6. The normalized spacial score (nSPS) is 19.8. The van der Waals surface area contributed by atoms with E-state index < -0.39 is 17.3 Å². The Morgan fingerprint density at radius 2 is 2.00 bits per heavy atom. The maximum Gasteiger partial charge on any atom is 0.416 e. The molecule has 0 radical (unpaired) electrons. The first-order valence-electron chi connectivity index (χ1n) is 10.3. The quantitative estimate of drug-likeness (QED) is 0.736. The van der Waals surface area contributed by atoms with E-state index in [0.29, 0.717) is 37.2 Å². The Morgan fingerprint density at radius 1 is 1.19 bits per heavy atom. The molecular formula is C21H22F3N7O. The van der Waals surface area contributed by atoms with Crippen LogP contribution in [0.4, 0.5) is 35.4 Å². The van der Waals surface area contributed by atoms with Crippen molar-refractivity contribution in [2.75, 3.05) is 41.9 Å². The van der Waals surface area contributed by atoms with Gasteiger partial charge in [0, 0.05) is 38.2 Å². The number of nitrogens with one attached hydrogen (secondary N) is 2. The Hall–Kier alpha value is -3.50. The molecule has 0 unspecified atom stereocenters. The summed E-state index contributed by atoms with van der Waals surface area (Å²) in [4.78, 5) is 26.1. The number of rotatable bonds is 5. The SMILES string of the molecule is CN1CCN(c2ccnc(NC3(C4=CN(c5cccc(C(F)(F)F)c5)CN4)CC3)n2)C1=O. The Balaban J connectivity index is 1.33. The number of amides is 2. The number of aromatic nitrogens is 2. The fraction of sp³-hybridized carbons (Fsp3) is 0.381. The van der Waals surface area contributed by atoms with Crippen LogP contribution < -0.4 is 20.4 Å². The lowest BCUT2D eigenvalue weighted by molar-refractivity contribution is -0.137. The van der Waals surface area contributed by atoms with Crippen molar-refractivity contribution < 1.29 is 18.0 Å². The molecule has 3 heterocycles. The van der Waals surface area contributed by atoms with Gasteiger partial charge in [-0.25, -0.2) is 9.78 Å². The van der Waals surface area contributed by atoms with Gasteiger partial charge in [0.25, 0.3) is 0 Å². The third-order valence-corrected chi connectivity index (χ3v) is 5.98. The second-order valence-electron chi connectivity index (χ2n) is 8.20. The van der Waals surface area contributed by atoms with Gasteiger partial charge in [-0.3, -0.25) is 4.90 Å². The maximum absolute atomic E-state index is 13.1. The second kappa shape index (κ2) is 7.28. The lowest BCUT2D eigenvalue weighted by Crippen LogP contribution is -2.33. The highest BCUT2D eigenvalue weighted by atomic mass is 19.4. The number of anilines is 3. The molecule has 2 fully saturated rings. The molecule has 5 rings (SSSR count). The summed E-state index contributed by atoms with van der Waals surface area (Å²) in [7, 11) is 1.75. The first-order chi connectivity index (χ1) is 15.2. The Bertz CT molecular complexity index is 1080. The largest absolute Gasteiger partial charge is 0.416 e. The second-order valence-corrected chi connectivity index (χ2v) is 8.20. The highest BCUT2D eigenvalue weighted by Crippen LogP contribution is 2.45. The van der Waals surface area contributed by atoms with Crippen LogP contribution in [0.15, 0.2) is 48.4 Å². The zero-order valence-electron chi connectivity index (χ0n) is 17.4. The third-order valence-electron chi connectivity index (χ3n) is 5.98. The summed E-state index contributed by atoms with van der Waals surface area (Å²) in [5.74, 6) is 0.939. The summed E-state index contributed by atoms with van der Waals surface area (Å²) in [6.45, 7) is 1.57. The summed E-state index contributed by atoms with van der Waals surface area (Å²) in [5, 5.41) is 6.64. The molecule has 8 nitrogen and oxygen atoms in total. The fourth-order valence-corrected chi connectivity index (χ4v) is 3.96. The minimum Gasteiger partial charge on any atom is -0.368 e. The highest BCUT2D eigenvalue weighted by Gasteiger charge is 2.48. The van der Waals surface area contributed by atoms with Crippen LogP contribution in [0.5, 0.6) is 0 Å². The van der Waals surface area contributed by atoms with E-state index in [4.69, 9.17) is 0 Å². The van der Waals surface area contributed by atoms with E-state index in [1.54, 1.807) is 40.1 Å². The lowest BCUT2D eigenvalue weighted by atomic mass is 10.2. The highest BCUT2D eigenvalue weighted by molar-refractivity contribution is 5.93. The van der Waals surface area contributed by atoms with Crippen molar-refractivity contribution in [3.05, 3.63) is 54.0 Å². The van der Waals surface area contributed by atoms with Gasteiger partial charge < -0.3 is 20.4 Å². The number of hydrogen-bond donors (Lipinski definition) is 2.